The molecule has 1 aliphatic heterocycles. The number of amides is 3. The van der Waals surface area contributed by atoms with Crippen LogP contribution in [0, 0.1) is 5.82 Å². The summed E-state index contributed by atoms with van der Waals surface area (Å²) in [6.07, 6.45) is 1.84. The number of aromatic amines is 1. The second-order valence-corrected chi connectivity index (χ2v) is 6.94. The highest BCUT2D eigenvalue weighted by Gasteiger charge is 2.21. The fourth-order valence-corrected chi connectivity index (χ4v) is 3.42. The number of carbonyl (C=O) groups excluding carboxylic acids is 2. The lowest BCUT2D eigenvalue weighted by Gasteiger charge is -2.36. The second-order valence-electron chi connectivity index (χ2n) is 6.94. The molecule has 0 unspecified atom stereocenters. The van der Waals surface area contributed by atoms with Crippen LogP contribution in [0.15, 0.2) is 54.7 Å². The van der Waals surface area contributed by atoms with Gasteiger partial charge in [0, 0.05) is 54.7 Å². The number of hydrogen-bond acceptors (Lipinski definition) is 3. The molecule has 1 aliphatic rings. The van der Waals surface area contributed by atoms with Crippen LogP contribution in [0.5, 0.6) is 0 Å². The van der Waals surface area contributed by atoms with Crippen molar-refractivity contribution in [3.05, 3.63) is 60.5 Å². The minimum absolute atomic E-state index is 0.0951. The molecule has 3 aromatic rings. The van der Waals surface area contributed by atoms with Gasteiger partial charge < -0.3 is 25.4 Å². The van der Waals surface area contributed by atoms with E-state index in [4.69, 9.17) is 0 Å². The van der Waals surface area contributed by atoms with Crippen LogP contribution in [0.1, 0.15) is 0 Å². The van der Waals surface area contributed by atoms with E-state index in [0.29, 0.717) is 31.9 Å². The topological polar surface area (TPSA) is 80.5 Å². The molecule has 2 aromatic carbocycles. The maximum atomic E-state index is 13.0. The summed E-state index contributed by atoms with van der Waals surface area (Å²) in [5.74, 6) is -0.545. The molecule has 0 aliphatic carbocycles. The number of piperazine rings is 1. The number of carbonyl (C=O) groups is 2. The Morgan fingerprint density at radius 2 is 1.76 bits per heavy atom. The van der Waals surface area contributed by atoms with Gasteiger partial charge in [-0.05, 0) is 48.5 Å². The van der Waals surface area contributed by atoms with Crippen molar-refractivity contribution >= 4 is 34.2 Å². The molecule has 1 aromatic heterocycles. The molecule has 1 saturated heterocycles. The second kappa shape index (κ2) is 8.22. The van der Waals surface area contributed by atoms with E-state index in [1.165, 1.54) is 12.1 Å². The summed E-state index contributed by atoms with van der Waals surface area (Å²) in [6.45, 7) is 2.29. The first-order valence-electron chi connectivity index (χ1n) is 9.49. The highest BCUT2D eigenvalue weighted by molar-refractivity contribution is 5.96. The maximum absolute atomic E-state index is 13.0. The van der Waals surface area contributed by atoms with Crippen LogP contribution in [0.2, 0.25) is 0 Å². The lowest BCUT2D eigenvalue weighted by atomic mass is 10.2. The third-order valence-corrected chi connectivity index (χ3v) is 5.00. The number of urea groups is 1. The highest BCUT2D eigenvalue weighted by atomic mass is 19.1. The Bertz CT molecular complexity index is 1010. The molecule has 0 saturated carbocycles. The Morgan fingerprint density at radius 3 is 2.52 bits per heavy atom. The van der Waals surface area contributed by atoms with Crippen LogP contribution in [0.4, 0.5) is 20.6 Å². The van der Waals surface area contributed by atoms with Crippen molar-refractivity contribution in [2.75, 3.05) is 42.9 Å². The average molecular weight is 395 g/mol. The smallest absolute Gasteiger partial charge is 0.317 e. The van der Waals surface area contributed by atoms with Gasteiger partial charge in [0.2, 0.25) is 5.91 Å². The quantitative estimate of drug-likeness (QED) is 0.636. The molecule has 29 heavy (non-hydrogen) atoms. The monoisotopic (exact) mass is 395 g/mol. The van der Waals surface area contributed by atoms with Crippen molar-refractivity contribution in [2.45, 2.75) is 0 Å². The SMILES string of the molecule is O=C(CNC(=O)N1CCN(c2ccc(F)cc2)CC1)Nc1ccc2[nH]ccc2c1. The van der Waals surface area contributed by atoms with Gasteiger partial charge in [0.05, 0.1) is 6.54 Å². The van der Waals surface area contributed by atoms with E-state index in [2.05, 4.69) is 20.5 Å². The van der Waals surface area contributed by atoms with E-state index in [1.54, 1.807) is 17.0 Å². The minimum atomic E-state index is -0.279. The molecule has 0 radical (unpaired) electrons. The summed E-state index contributed by atoms with van der Waals surface area (Å²) >= 11 is 0. The molecule has 3 N–H and O–H groups in total. The molecular formula is C21H22FN5O2. The molecule has 4 rings (SSSR count). The summed E-state index contributed by atoms with van der Waals surface area (Å²) in [6, 6.07) is 13.6. The average Bonchev–Trinajstić information content (AvgIpc) is 3.20. The zero-order valence-corrected chi connectivity index (χ0v) is 15.8. The van der Waals surface area contributed by atoms with Gasteiger partial charge in [0.1, 0.15) is 5.82 Å². The van der Waals surface area contributed by atoms with Gasteiger partial charge >= 0.3 is 6.03 Å². The molecule has 0 bridgehead atoms. The van der Waals surface area contributed by atoms with Crippen molar-refractivity contribution in [2.24, 2.45) is 0 Å². The lowest BCUT2D eigenvalue weighted by molar-refractivity contribution is -0.115. The van der Waals surface area contributed by atoms with Crippen LogP contribution in [-0.4, -0.2) is 54.5 Å². The number of hydrogen-bond donors (Lipinski definition) is 3. The van der Waals surface area contributed by atoms with Gasteiger partial charge in [-0.3, -0.25) is 4.79 Å². The first-order chi connectivity index (χ1) is 14.1. The van der Waals surface area contributed by atoms with Crippen molar-refractivity contribution in [3.8, 4) is 0 Å². The molecule has 0 atom stereocenters. The molecule has 7 nitrogen and oxygen atoms in total. The molecule has 1 fully saturated rings. The largest absolute Gasteiger partial charge is 0.368 e. The first-order valence-corrected chi connectivity index (χ1v) is 9.49. The van der Waals surface area contributed by atoms with Crippen molar-refractivity contribution < 1.29 is 14.0 Å². The molecule has 8 heteroatoms. The van der Waals surface area contributed by atoms with Gasteiger partial charge in [-0.1, -0.05) is 0 Å². The van der Waals surface area contributed by atoms with Gasteiger partial charge in [0.25, 0.3) is 0 Å². The Kier molecular flexibility index (Phi) is 5.33. The number of nitrogens with one attached hydrogen (secondary N) is 3. The van der Waals surface area contributed by atoms with E-state index in [9.17, 15) is 14.0 Å². The Balaban J connectivity index is 1.23. The van der Waals surface area contributed by atoms with Gasteiger partial charge in [-0.15, -0.1) is 0 Å². The number of halogens is 1. The van der Waals surface area contributed by atoms with Gasteiger partial charge in [-0.25, -0.2) is 9.18 Å². The standard InChI is InChI=1S/C21H22FN5O2/c22-16-1-4-18(5-2-16)26-9-11-27(12-10-26)21(29)24-14-20(28)25-17-3-6-19-15(13-17)7-8-23-19/h1-8,13,23H,9-12,14H2,(H,24,29)(H,25,28). The molecule has 3 amide bonds. The van der Waals surface area contributed by atoms with E-state index >= 15 is 0 Å². The maximum Gasteiger partial charge on any atom is 0.317 e. The lowest BCUT2D eigenvalue weighted by Crippen LogP contribution is -2.52. The molecular weight excluding hydrogens is 373 g/mol. The Labute approximate surface area is 167 Å². The Morgan fingerprint density at radius 1 is 1.00 bits per heavy atom. The summed E-state index contributed by atoms with van der Waals surface area (Å²) in [7, 11) is 0. The van der Waals surface area contributed by atoms with Gasteiger partial charge in [-0.2, -0.15) is 0 Å². The minimum Gasteiger partial charge on any atom is -0.368 e. The third kappa shape index (κ3) is 4.48. The zero-order valence-electron chi connectivity index (χ0n) is 15.8. The van der Waals surface area contributed by atoms with Crippen molar-refractivity contribution in [1.82, 2.24) is 15.2 Å². The number of anilines is 2. The van der Waals surface area contributed by atoms with Crippen molar-refractivity contribution in [3.63, 3.8) is 0 Å². The third-order valence-electron chi connectivity index (χ3n) is 5.00. The zero-order chi connectivity index (χ0) is 20.2. The van der Waals surface area contributed by atoms with E-state index in [1.807, 2.05) is 30.5 Å². The predicted octanol–water partition coefficient (Wildman–Crippen LogP) is 2.78. The van der Waals surface area contributed by atoms with Gasteiger partial charge in [0.15, 0.2) is 0 Å². The Hall–Kier alpha value is -3.55. The van der Waals surface area contributed by atoms with Crippen LogP contribution in [0.3, 0.4) is 0 Å². The molecule has 150 valence electrons. The van der Waals surface area contributed by atoms with E-state index in [-0.39, 0.29) is 24.3 Å². The van der Waals surface area contributed by atoms with Crippen LogP contribution < -0.4 is 15.5 Å². The molecule has 2 heterocycles. The van der Waals surface area contributed by atoms with Crippen molar-refractivity contribution in [1.29, 1.82) is 0 Å². The fourth-order valence-electron chi connectivity index (χ4n) is 3.42. The normalized spacial score (nSPS) is 14.1. The summed E-state index contributed by atoms with van der Waals surface area (Å²) in [5.41, 5.74) is 2.62. The number of aromatic nitrogens is 1. The number of benzene rings is 2. The van der Waals surface area contributed by atoms with Crippen LogP contribution in [-0.2, 0) is 4.79 Å². The van der Waals surface area contributed by atoms with E-state index in [0.717, 1.165) is 16.6 Å². The number of rotatable bonds is 4. The predicted molar refractivity (Wildman–Crippen MR) is 111 cm³/mol. The van der Waals surface area contributed by atoms with Crippen LogP contribution in [0.25, 0.3) is 10.9 Å². The van der Waals surface area contributed by atoms with Crippen LogP contribution >= 0.6 is 0 Å². The number of fused-ring (bicyclic) bond motifs is 1. The summed E-state index contributed by atoms with van der Waals surface area (Å²) < 4.78 is 13.0. The first kappa shape index (κ1) is 18.8. The number of nitrogens with zero attached hydrogens (tertiary/aromatic N) is 2. The van der Waals surface area contributed by atoms with E-state index < -0.39 is 0 Å². The highest BCUT2D eigenvalue weighted by Crippen LogP contribution is 2.18. The summed E-state index contributed by atoms with van der Waals surface area (Å²) in [5, 5.41) is 6.46. The fraction of sp³-hybridized carbons (Fsp3) is 0.238. The number of H-pyrrole nitrogens is 1. The summed E-state index contributed by atoms with van der Waals surface area (Å²) in [4.78, 5) is 31.4. The molecule has 0 spiro atoms.